The molecule has 0 spiro atoms. The van der Waals surface area contributed by atoms with Gasteiger partial charge in [-0.2, -0.15) is 0 Å². The van der Waals surface area contributed by atoms with Crippen molar-refractivity contribution < 1.29 is 14.3 Å². The van der Waals surface area contributed by atoms with Gasteiger partial charge in [0.2, 0.25) is 0 Å². The number of rotatable bonds is 5. The zero-order chi connectivity index (χ0) is 14.4. The Kier molecular flexibility index (Phi) is 5.16. The molecule has 0 bridgehead atoms. The first kappa shape index (κ1) is 14.6. The zero-order valence-corrected chi connectivity index (χ0v) is 12.1. The number of methoxy groups -OCH3 is 1. The van der Waals surface area contributed by atoms with E-state index >= 15 is 0 Å². The Balaban J connectivity index is 2.04. The van der Waals surface area contributed by atoms with Gasteiger partial charge in [0, 0.05) is 5.71 Å². The van der Waals surface area contributed by atoms with Crippen molar-refractivity contribution >= 4 is 11.7 Å². The van der Waals surface area contributed by atoms with E-state index in [1.807, 2.05) is 31.2 Å². The van der Waals surface area contributed by atoms with Gasteiger partial charge in [0.25, 0.3) is 0 Å². The Bertz CT molecular complexity index is 496. The number of ether oxygens (including phenoxy) is 2. The number of carbonyl (C=O) groups is 1. The molecule has 1 aromatic rings. The molecule has 0 heterocycles. The maximum Gasteiger partial charge on any atom is 0.314 e. The van der Waals surface area contributed by atoms with Crippen molar-refractivity contribution in [2.24, 2.45) is 10.9 Å². The molecule has 2 rings (SSSR count). The van der Waals surface area contributed by atoms with Gasteiger partial charge >= 0.3 is 5.97 Å². The summed E-state index contributed by atoms with van der Waals surface area (Å²) in [5.74, 6) is 0.561. The van der Waals surface area contributed by atoms with Gasteiger partial charge in [0.15, 0.2) is 0 Å². The van der Waals surface area contributed by atoms with Crippen LogP contribution in [0, 0.1) is 5.92 Å². The summed E-state index contributed by atoms with van der Waals surface area (Å²) in [6, 6.07) is 7.85. The van der Waals surface area contributed by atoms with Crippen molar-refractivity contribution in [3.8, 4) is 5.75 Å². The summed E-state index contributed by atoms with van der Waals surface area (Å²) in [4.78, 5) is 16.5. The molecular formula is C16H21NO3. The monoisotopic (exact) mass is 275 g/mol. The summed E-state index contributed by atoms with van der Waals surface area (Å²) >= 11 is 0. The molecular weight excluding hydrogens is 254 g/mol. The smallest absolute Gasteiger partial charge is 0.314 e. The first-order chi connectivity index (χ1) is 9.74. The molecule has 0 saturated heterocycles. The second-order valence-electron chi connectivity index (χ2n) is 4.86. The Labute approximate surface area is 119 Å². The summed E-state index contributed by atoms with van der Waals surface area (Å²) in [6.07, 6.45) is 2.77. The van der Waals surface area contributed by atoms with Crippen LogP contribution < -0.4 is 4.74 Å². The number of aliphatic imine (C=N–C) groups is 1. The molecule has 4 nitrogen and oxygen atoms in total. The molecule has 0 aliphatic heterocycles. The lowest BCUT2D eigenvalue weighted by Gasteiger charge is -2.10. The standard InChI is InChI=1S/C16H21NO3/c1-3-20-16(18)14-8-5-9-15(14)17-11-12-6-4-7-13(10-12)19-2/h4,6-7,10,14H,3,5,8-9,11H2,1-2H3. The van der Waals surface area contributed by atoms with E-state index in [4.69, 9.17) is 9.47 Å². The van der Waals surface area contributed by atoms with E-state index in [0.717, 1.165) is 36.3 Å². The molecule has 0 radical (unpaired) electrons. The van der Waals surface area contributed by atoms with Crippen molar-refractivity contribution in [3.63, 3.8) is 0 Å². The number of carbonyl (C=O) groups excluding carboxylic acids is 1. The van der Waals surface area contributed by atoms with Crippen molar-refractivity contribution in [3.05, 3.63) is 29.8 Å². The number of hydrogen-bond donors (Lipinski definition) is 0. The van der Waals surface area contributed by atoms with Gasteiger partial charge in [-0.25, -0.2) is 0 Å². The van der Waals surface area contributed by atoms with E-state index in [0.29, 0.717) is 13.2 Å². The van der Waals surface area contributed by atoms with Crippen LogP contribution in [0.1, 0.15) is 31.7 Å². The predicted octanol–water partition coefficient (Wildman–Crippen LogP) is 3.00. The minimum Gasteiger partial charge on any atom is -0.497 e. The van der Waals surface area contributed by atoms with Gasteiger partial charge in [-0.1, -0.05) is 12.1 Å². The van der Waals surface area contributed by atoms with Crippen LogP contribution in [-0.2, 0) is 16.1 Å². The Morgan fingerprint density at radius 1 is 1.45 bits per heavy atom. The van der Waals surface area contributed by atoms with E-state index in [9.17, 15) is 4.79 Å². The quantitative estimate of drug-likeness (QED) is 0.776. The number of esters is 1. The maximum absolute atomic E-state index is 11.8. The number of hydrogen-bond acceptors (Lipinski definition) is 4. The lowest BCUT2D eigenvalue weighted by atomic mass is 10.1. The van der Waals surface area contributed by atoms with E-state index < -0.39 is 0 Å². The molecule has 0 aromatic heterocycles. The van der Waals surface area contributed by atoms with Crippen molar-refractivity contribution in [1.82, 2.24) is 0 Å². The third-order valence-corrected chi connectivity index (χ3v) is 3.50. The SMILES string of the molecule is CCOC(=O)C1CCCC1=NCc1cccc(OC)c1. The number of benzene rings is 1. The van der Waals surface area contributed by atoms with Crippen molar-refractivity contribution in [1.29, 1.82) is 0 Å². The normalized spacial score (nSPS) is 20.1. The van der Waals surface area contributed by atoms with Gasteiger partial charge in [-0.3, -0.25) is 9.79 Å². The van der Waals surface area contributed by atoms with Crippen LogP contribution in [0.3, 0.4) is 0 Å². The van der Waals surface area contributed by atoms with Crippen LogP contribution in [0.2, 0.25) is 0 Å². The van der Waals surface area contributed by atoms with E-state index in [1.54, 1.807) is 7.11 Å². The first-order valence-electron chi connectivity index (χ1n) is 7.07. The first-order valence-corrected chi connectivity index (χ1v) is 7.07. The molecule has 1 saturated carbocycles. The lowest BCUT2D eigenvalue weighted by molar-refractivity contribution is -0.145. The van der Waals surface area contributed by atoms with Crippen LogP contribution >= 0.6 is 0 Å². The third-order valence-electron chi connectivity index (χ3n) is 3.50. The lowest BCUT2D eigenvalue weighted by Crippen LogP contribution is -2.21. The van der Waals surface area contributed by atoms with E-state index in [2.05, 4.69) is 4.99 Å². The highest BCUT2D eigenvalue weighted by Crippen LogP contribution is 2.25. The van der Waals surface area contributed by atoms with Gasteiger partial charge in [-0.15, -0.1) is 0 Å². The van der Waals surface area contributed by atoms with Crippen LogP contribution in [0.25, 0.3) is 0 Å². The van der Waals surface area contributed by atoms with Crippen LogP contribution in [0.15, 0.2) is 29.3 Å². The van der Waals surface area contributed by atoms with E-state index in [1.165, 1.54) is 0 Å². The molecule has 108 valence electrons. The highest BCUT2D eigenvalue weighted by Gasteiger charge is 2.30. The Morgan fingerprint density at radius 2 is 2.30 bits per heavy atom. The molecule has 0 N–H and O–H groups in total. The fourth-order valence-electron chi connectivity index (χ4n) is 2.48. The predicted molar refractivity (Wildman–Crippen MR) is 78.1 cm³/mol. The minimum absolute atomic E-state index is 0.130. The fraction of sp³-hybridized carbons (Fsp3) is 0.500. The molecule has 1 atom stereocenters. The highest BCUT2D eigenvalue weighted by molar-refractivity contribution is 6.03. The number of nitrogens with zero attached hydrogens (tertiary/aromatic N) is 1. The molecule has 1 fully saturated rings. The molecule has 0 amide bonds. The third kappa shape index (κ3) is 3.59. The molecule has 1 aliphatic rings. The zero-order valence-electron chi connectivity index (χ0n) is 12.1. The fourth-order valence-corrected chi connectivity index (χ4v) is 2.48. The molecule has 4 heteroatoms. The second-order valence-corrected chi connectivity index (χ2v) is 4.86. The maximum atomic E-state index is 11.8. The average molecular weight is 275 g/mol. The van der Waals surface area contributed by atoms with Gasteiger partial charge in [0.1, 0.15) is 5.75 Å². The second kappa shape index (κ2) is 7.08. The van der Waals surface area contributed by atoms with Crippen LogP contribution in [0.4, 0.5) is 0 Å². The summed E-state index contributed by atoms with van der Waals surface area (Å²) in [6.45, 7) is 2.85. The Morgan fingerprint density at radius 3 is 3.05 bits per heavy atom. The summed E-state index contributed by atoms with van der Waals surface area (Å²) in [5, 5.41) is 0. The molecule has 1 aliphatic carbocycles. The molecule has 1 unspecified atom stereocenters. The van der Waals surface area contributed by atoms with Crippen molar-refractivity contribution in [2.45, 2.75) is 32.7 Å². The summed E-state index contributed by atoms with van der Waals surface area (Å²) in [5.41, 5.74) is 2.07. The minimum atomic E-state index is -0.138. The van der Waals surface area contributed by atoms with E-state index in [-0.39, 0.29) is 11.9 Å². The topological polar surface area (TPSA) is 47.9 Å². The van der Waals surface area contributed by atoms with Crippen LogP contribution in [0.5, 0.6) is 5.75 Å². The average Bonchev–Trinajstić information content (AvgIpc) is 2.94. The van der Waals surface area contributed by atoms with Crippen LogP contribution in [-0.4, -0.2) is 25.4 Å². The summed E-state index contributed by atoms with van der Waals surface area (Å²) < 4.78 is 10.3. The van der Waals surface area contributed by atoms with Crippen molar-refractivity contribution in [2.75, 3.05) is 13.7 Å². The molecule has 1 aromatic carbocycles. The Hall–Kier alpha value is -1.84. The molecule has 20 heavy (non-hydrogen) atoms. The summed E-state index contributed by atoms with van der Waals surface area (Å²) in [7, 11) is 1.65. The highest BCUT2D eigenvalue weighted by atomic mass is 16.5. The van der Waals surface area contributed by atoms with Gasteiger partial charge in [-0.05, 0) is 43.9 Å². The van der Waals surface area contributed by atoms with Gasteiger partial charge < -0.3 is 9.47 Å². The largest absolute Gasteiger partial charge is 0.497 e. The van der Waals surface area contributed by atoms with Gasteiger partial charge in [0.05, 0.1) is 26.2 Å².